The Balaban J connectivity index is 2.20. The monoisotopic (exact) mass is 254 g/mol. The Kier molecular flexibility index (Phi) is 6.65. The fourth-order valence-electron chi connectivity index (χ4n) is 1.32. The highest BCUT2D eigenvalue weighted by Gasteiger charge is 1.99. The van der Waals surface area contributed by atoms with Crippen molar-refractivity contribution in [2.45, 2.75) is 13.5 Å². The molecule has 1 aromatic heterocycles. The molecule has 0 aliphatic carbocycles. The van der Waals surface area contributed by atoms with Gasteiger partial charge in [-0.25, -0.2) is 0 Å². The zero-order valence-corrected chi connectivity index (χ0v) is 11.7. The number of hydrogen-bond donors (Lipinski definition) is 2. The van der Waals surface area contributed by atoms with Gasteiger partial charge in [-0.15, -0.1) is 0 Å². The maximum absolute atomic E-state index is 4.19. The molecule has 5 heteroatoms. The zero-order chi connectivity index (χ0) is 12.5. The Hall–Kier alpha value is -1.07. The van der Waals surface area contributed by atoms with Crippen molar-refractivity contribution in [1.82, 2.24) is 15.5 Å². The molecule has 0 aliphatic heterocycles. The number of hydrogen-bond acceptors (Lipinski definition) is 3. The van der Waals surface area contributed by atoms with E-state index in [1.54, 1.807) is 18.4 Å². The number of aliphatic imine (C=N–C) groups is 1. The van der Waals surface area contributed by atoms with Gasteiger partial charge >= 0.3 is 0 Å². The lowest BCUT2D eigenvalue weighted by atomic mass is 10.3. The van der Waals surface area contributed by atoms with Crippen LogP contribution in [0.1, 0.15) is 12.5 Å². The molecule has 2 N–H and O–H groups in total. The average Bonchev–Trinajstić information content (AvgIpc) is 2.86. The molecule has 0 saturated heterocycles. The van der Waals surface area contributed by atoms with Crippen LogP contribution in [0.25, 0.3) is 0 Å². The Morgan fingerprint density at radius 1 is 1.47 bits per heavy atom. The van der Waals surface area contributed by atoms with Crippen LogP contribution in [0.5, 0.6) is 0 Å². The molecule has 0 amide bonds. The smallest absolute Gasteiger partial charge is 0.191 e. The molecule has 0 atom stereocenters. The van der Waals surface area contributed by atoms with Crippen molar-refractivity contribution in [3.05, 3.63) is 22.4 Å². The molecular weight excluding hydrogens is 232 g/mol. The highest BCUT2D eigenvalue weighted by molar-refractivity contribution is 7.07. The fourth-order valence-corrected chi connectivity index (χ4v) is 1.99. The highest BCUT2D eigenvalue weighted by Crippen LogP contribution is 2.04. The van der Waals surface area contributed by atoms with E-state index in [2.05, 4.69) is 51.3 Å². The summed E-state index contributed by atoms with van der Waals surface area (Å²) in [5.41, 5.74) is 1.30. The van der Waals surface area contributed by atoms with E-state index in [0.717, 1.165) is 32.1 Å². The van der Waals surface area contributed by atoms with Crippen LogP contribution in [0.2, 0.25) is 0 Å². The van der Waals surface area contributed by atoms with Gasteiger partial charge in [0.1, 0.15) is 0 Å². The van der Waals surface area contributed by atoms with Crippen molar-refractivity contribution in [1.29, 1.82) is 0 Å². The lowest BCUT2D eigenvalue weighted by Crippen LogP contribution is -2.40. The van der Waals surface area contributed by atoms with E-state index < -0.39 is 0 Å². The second-order valence-electron chi connectivity index (χ2n) is 3.88. The second-order valence-corrected chi connectivity index (χ2v) is 4.66. The number of rotatable bonds is 6. The fraction of sp³-hybridized carbons (Fsp3) is 0.583. The van der Waals surface area contributed by atoms with Crippen molar-refractivity contribution in [3.8, 4) is 0 Å². The Bertz CT molecular complexity index is 321. The molecule has 1 rings (SSSR count). The van der Waals surface area contributed by atoms with Gasteiger partial charge in [0, 0.05) is 26.7 Å². The minimum atomic E-state index is 0.826. The van der Waals surface area contributed by atoms with E-state index >= 15 is 0 Å². The normalized spacial score (nSPS) is 11.9. The van der Waals surface area contributed by atoms with E-state index in [1.807, 2.05) is 0 Å². The molecule has 96 valence electrons. The van der Waals surface area contributed by atoms with Gasteiger partial charge in [0.15, 0.2) is 5.96 Å². The minimum Gasteiger partial charge on any atom is -0.355 e. The van der Waals surface area contributed by atoms with Crippen molar-refractivity contribution in [2.24, 2.45) is 4.99 Å². The predicted molar refractivity (Wildman–Crippen MR) is 75.7 cm³/mol. The van der Waals surface area contributed by atoms with E-state index in [4.69, 9.17) is 0 Å². The van der Waals surface area contributed by atoms with Gasteiger partial charge in [0.2, 0.25) is 0 Å². The quantitative estimate of drug-likeness (QED) is 0.595. The first-order valence-electron chi connectivity index (χ1n) is 5.90. The average molecular weight is 254 g/mol. The molecule has 0 unspecified atom stereocenters. The third-order valence-electron chi connectivity index (χ3n) is 2.59. The summed E-state index contributed by atoms with van der Waals surface area (Å²) in [6.45, 7) is 5.99. The summed E-state index contributed by atoms with van der Waals surface area (Å²) in [5.74, 6) is 0.862. The molecule has 4 nitrogen and oxygen atoms in total. The van der Waals surface area contributed by atoms with Crippen LogP contribution in [0, 0.1) is 0 Å². The van der Waals surface area contributed by atoms with Gasteiger partial charge in [-0.1, -0.05) is 6.92 Å². The van der Waals surface area contributed by atoms with E-state index in [-0.39, 0.29) is 0 Å². The summed E-state index contributed by atoms with van der Waals surface area (Å²) in [6.07, 6.45) is 0. The summed E-state index contributed by atoms with van der Waals surface area (Å²) in [7, 11) is 3.91. The van der Waals surface area contributed by atoms with Crippen molar-refractivity contribution < 1.29 is 0 Å². The first-order chi connectivity index (χ1) is 8.26. The minimum absolute atomic E-state index is 0.826. The molecule has 1 aromatic rings. The Morgan fingerprint density at radius 2 is 2.29 bits per heavy atom. The van der Waals surface area contributed by atoms with Gasteiger partial charge in [-0.3, -0.25) is 4.99 Å². The molecule has 17 heavy (non-hydrogen) atoms. The molecule has 0 saturated carbocycles. The van der Waals surface area contributed by atoms with Crippen molar-refractivity contribution in [3.63, 3.8) is 0 Å². The first-order valence-corrected chi connectivity index (χ1v) is 6.84. The summed E-state index contributed by atoms with van der Waals surface area (Å²) in [6, 6.07) is 2.12. The van der Waals surface area contributed by atoms with Crippen molar-refractivity contribution >= 4 is 17.3 Å². The topological polar surface area (TPSA) is 39.7 Å². The third kappa shape index (κ3) is 5.70. The maximum Gasteiger partial charge on any atom is 0.191 e. The van der Waals surface area contributed by atoms with Crippen LogP contribution >= 0.6 is 11.3 Å². The lowest BCUT2D eigenvalue weighted by Gasteiger charge is -2.16. The lowest BCUT2D eigenvalue weighted by molar-refractivity contribution is 0.357. The van der Waals surface area contributed by atoms with E-state index in [0.29, 0.717) is 0 Å². The van der Waals surface area contributed by atoms with Gasteiger partial charge in [-0.2, -0.15) is 11.3 Å². The molecule has 0 aliphatic rings. The van der Waals surface area contributed by atoms with Crippen LogP contribution in [0.3, 0.4) is 0 Å². The highest BCUT2D eigenvalue weighted by atomic mass is 32.1. The van der Waals surface area contributed by atoms with Crippen LogP contribution in [0.15, 0.2) is 21.8 Å². The van der Waals surface area contributed by atoms with Crippen LogP contribution in [0.4, 0.5) is 0 Å². The second kappa shape index (κ2) is 8.08. The number of likely N-dealkylation sites (N-methyl/N-ethyl adjacent to an activating group) is 1. The van der Waals surface area contributed by atoms with Gasteiger partial charge in [0.25, 0.3) is 0 Å². The molecule has 0 spiro atoms. The molecule has 0 bridgehead atoms. The molecule has 0 radical (unpaired) electrons. The maximum atomic E-state index is 4.19. The number of guanidine groups is 1. The molecule has 0 fully saturated rings. The summed E-state index contributed by atoms with van der Waals surface area (Å²) < 4.78 is 0. The van der Waals surface area contributed by atoms with Gasteiger partial charge < -0.3 is 15.5 Å². The Labute approximate surface area is 108 Å². The van der Waals surface area contributed by atoms with Crippen molar-refractivity contribution in [2.75, 3.05) is 33.7 Å². The number of nitrogens with zero attached hydrogens (tertiary/aromatic N) is 2. The molecular formula is C12H22N4S. The van der Waals surface area contributed by atoms with E-state index in [1.165, 1.54) is 5.56 Å². The third-order valence-corrected chi connectivity index (χ3v) is 3.32. The summed E-state index contributed by atoms with van der Waals surface area (Å²) >= 11 is 1.72. The largest absolute Gasteiger partial charge is 0.355 e. The van der Waals surface area contributed by atoms with Crippen LogP contribution in [-0.4, -0.2) is 44.6 Å². The number of nitrogens with one attached hydrogen (secondary N) is 2. The predicted octanol–water partition coefficient (Wildman–Crippen LogP) is 1.36. The summed E-state index contributed by atoms with van der Waals surface area (Å²) in [4.78, 5) is 6.45. The SMILES string of the molecule is CCN(C)CCNC(=NC)NCc1ccsc1. The van der Waals surface area contributed by atoms with Crippen LogP contribution < -0.4 is 10.6 Å². The van der Waals surface area contributed by atoms with Gasteiger partial charge in [0.05, 0.1) is 0 Å². The summed E-state index contributed by atoms with van der Waals surface area (Å²) in [5, 5.41) is 10.8. The standard InChI is InChI=1S/C12H22N4S/c1-4-16(3)7-6-14-12(13-2)15-9-11-5-8-17-10-11/h5,8,10H,4,6-7,9H2,1-3H3,(H2,13,14,15). The first kappa shape index (κ1) is 14.0. The Morgan fingerprint density at radius 3 is 2.88 bits per heavy atom. The zero-order valence-electron chi connectivity index (χ0n) is 10.9. The van der Waals surface area contributed by atoms with Gasteiger partial charge in [-0.05, 0) is 36.0 Å². The number of thiophene rings is 1. The van der Waals surface area contributed by atoms with E-state index in [9.17, 15) is 0 Å². The molecule has 1 heterocycles. The molecule has 0 aromatic carbocycles. The van der Waals surface area contributed by atoms with Crippen LogP contribution in [-0.2, 0) is 6.54 Å².